The van der Waals surface area contributed by atoms with Gasteiger partial charge in [0, 0.05) is 17.8 Å². The van der Waals surface area contributed by atoms with Crippen molar-refractivity contribution in [3.05, 3.63) is 44.5 Å². The summed E-state index contributed by atoms with van der Waals surface area (Å²) in [6.07, 6.45) is 1.26. The van der Waals surface area contributed by atoms with Crippen LogP contribution in [0.3, 0.4) is 0 Å². The fourth-order valence-electron chi connectivity index (χ4n) is 1.48. The summed E-state index contributed by atoms with van der Waals surface area (Å²) in [5.74, 6) is -2.31. The van der Waals surface area contributed by atoms with Gasteiger partial charge in [0.05, 0.1) is 5.56 Å². The molecule has 0 bridgehead atoms. The van der Waals surface area contributed by atoms with E-state index in [4.69, 9.17) is 10.2 Å². The molecule has 0 aliphatic carbocycles. The van der Waals surface area contributed by atoms with Crippen LogP contribution < -0.4 is 5.56 Å². The molecule has 0 saturated heterocycles. The number of thiophene rings is 1. The number of aromatic nitrogens is 1. The Balaban J connectivity index is 2.59. The Morgan fingerprint density at radius 2 is 1.89 bits per heavy atom. The summed E-state index contributed by atoms with van der Waals surface area (Å²) < 4.78 is 0. The second-order valence-electron chi connectivity index (χ2n) is 3.43. The van der Waals surface area contributed by atoms with Gasteiger partial charge in [-0.2, -0.15) is 0 Å². The maximum Gasteiger partial charge on any atom is 0.345 e. The van der Waals surface area contributed by atoms with E-state index in [2.05, 4.69) is 4.98 Å². The van der Waals surface area contributed by atoms with E-state index in [1.54, 1.807) is 0 Å². The molecule has 0 fully saturated rings. The molecular weight excluding hydrogens is 258 g/mol. The lowest BCUT2D eigenvalue weighted by Gasteiger charge is -2.02. The Bertz CT molecular complexity index is 685. The van der Waals surface area contributed by atoms with Gasteiger partial charge < -0.3 is 15.2 Å². The third-order valence-corrected chi connectivity index (χ3v) is 3.19. The first kappa shape index (κ1) is 12.1. The Labute approximate surface area is 104 Å². The van der Waals surface area contributed by atoms with Crippen molar-refractivity contribution < 1.29 is 19.8 Å². The summed E-state index contributed by atoms with van der Waals surface area (Å²) in [6.45, 7) is 0. The van der Waals surface area contributed by atoms with E-state index in [1.807, 2.05) is 0 Å². The summed E-state index contributed by atoms with van der Waals surface area (Å²) in [4.78, 5) is 35.3. The summed E-state index contributed by atoms with van der Waals surface area (Å²) in [6, 6.07) is 2.34. The lowest BCUT2D eigenvalue weighted by molar-refractivity contribution is 0.0689. The minimum absolute atomic E-state index is 0.104. The van der Waals surface area contributed by atoms with Gasteiger partial charge >= 0.3 is 11.9 Å². The van der Waals surface area contributed by atoms with Gasteiger partial charge in [-0.05, 0) is 17.0 Å². The number of H-pyrrole nitrogens is 1. The molecule has 0 radical (unpaired) electrons. The topological polar surface area (TPSA) is 107 Å². The molecular formula is C11H7NO5S. The number of pyridine rings is 1. The first-order chi connectivity index (χ1) is 8.49. The molecule has 6 nitrogen and oxygen atoms in total. The van der Waals surface area contributed by atoms with Crippen molar-refractivity contribution in [1.82, 2.24) is 4.98 Å². The van der Waals surface area contributed by atoms with E-state index in [0.717, 1.165) is 17.4 Å². The molecule has 2 aromatic rings. The number of hydrogen-bond acceptors (Lipinski definition) is 4. The molecule has 0 amide bonds. The zero-order valence-electron chi connectivity index (χ0n) is 8.84. The largest absolute Gasteiger partial charge is 0.478 e. The first-order valence-electron chi connectivity index (χ1n) is 4.77. The van der Waals surface area contributed by atoms with E-state index in [1.165, 1.54) is 17.6 Å². The molecule has 0 aliphatic rings. The van der Waals surface area contributed by atoms with Gasteiger partial charge in [0.15, 0.2) is 0 Å². The molecule has 18 heavy (non-hydrogen) atoms. The van der Waals surface area contributed by atoms with Crippen molar-refractivity contribution in [2.45, 2.75) is 0 Å². The quantitative estimate of drug-likeness (QED) is 0.779. The Kier molecular flexibility index (Phi) is 2.99. The lowest BCUT2D eigenvalue weighted by atomic mass is 10.0. The highest BCUT2D eigenvalue weighted by Crippen LogP contribution is 2.27. The van der Waals surface area contributed by atoms with Crippen LogP contribution in [0.4, 0.5) is 0 Å². The molecule has 92 valence electrons. The molecule has 0 atom stereocenters. The summed E-state index contributed by atoms with van der Waals surface area (Å²) in [7, 11) is 0. The van der Waals surface area contributed by atoms with Crippen molar-refractivity contribution in [2.24, 2.45) is 0 Å². The normalized spacial score (nSPS) is 10.2. The van der Waals surface area contributed by atoms with Crippen molar-refractivity contribution in [3.8, 4) is 11.1 Å². The third kappa shape index (κ3) is 2.16. The molecule has 0 aliphatic heterocycles. The molecule has 0 spiro atoms. The van der Waals surface area contributed by atoms with Gasteiger partial charge in [0.1, 0.15) is 4.88 Å². The summed E-state index contributed by atoms with van der Waals surface area (Å²) in [5.41, 5.74) is 0.0511. The van der Waals surface area contributed by atoms with Crippen LogP contribution >= 0.6 is 11.3 Å². The third-order valence-electron chi connectivity index (χ3n) is 2.28. The smallest absolute Gasteiger partial charge is 0.345 e. The predicted octanol–water partition coefficient (Wildman–Crippen LogP) is 1.50. The van der Waals surface area contributed by atoms with Crippen molar-refractivity contribution in [3.63, 3.8) is 0 Å². The molecule has 3 N–H and O–H groups in total. The highest BCUT2D eigenvalue weighted by atomic mass is 32.1. The standard InChI is InChI=1S/C11H7NO5S/c13-9-2-6(10(14)15)7(3-12-9)5-1-8(11(16)17)18-4-5/h1-4H,(H,12,13)(H,14,15)(H,16,17). The fourth-order valence-corrected chi connectivity index (χ4v) is 2.22. The van der Waals surface area contributed by atoms with E-state index in [9.17, 15) is 14.4 Å². The lowest BCUT2D eigenvalue weighted by Crippen LogP contribution is -2.10. The van der Waals surface area contributed by atoms with Gasteiger partial charge in [0.25, 0.3) is 0 Å². The SMILES string of the molecule is O=C(O)c1cc(-c2c[nH]c(=O)cc2C(=O)O)cs1. The molecule has 7 heteroatoms. The van der Waals surface area contributed by atoms with E-state index in [0.29, 0.717) is 5.56 Å². The Morgan fingerprint density at radius 1 is 1.17 bits per heavy atom. The van der Waals surface area contributed by atoms with Crippen LogP contribution in [0.1, 0.15) is 20.0 Å². The number of carbonyl (C=O) groups is 2. The summed E-state index contributed by atoms with van der Waals surface area (Å²) >= 11 is 0.993. The van der Waals surface area contributed by atoms with Crippen molar-refractivity contribution >= 4 is 23.3 Å². The molecule has 0 unspecified atom stereocenters. The maximum atomic E-state index is 11.1. The van der Waals surface area contributed by atoms with Crippen LogP contribution in [-0.4, -0.2) is 27.1 Å². The highest BCUT2D eigenvalue weighted by Gasteiger charge is 2.15. The zero-order chi connectivity index (χ0) is 13.3. The fraction of sp³-hybridized carbons (Fsp3) is 0. The Morgan fingerprint density at radius 3 is 2.44 bits per heavy atom. The number of carboxylic acids is 2. The van der Waals surface area contributed by atoms with Crippen LogP contribution in [0.25, 0.3) is 11.1 Å². The second-order valence-corrected chi connectivity index (χ2v) is 4.35. The van der Waals surface area contributed by atoms with E-state index >= 15 is 0 Å². The molecule has 0 saturated carbocycles. The van der Waals surface area contributed by atoms with Gasteiger partial charge in [-0.25, -0.2) is 9.59 Å². The van der Waals surface area contributed by atoms with Crippen molar-refractivity contribution in [1.29, 1.82) is 0 Å². The maximum absolute atomic E-state index is 11.1. The average Bonchev–Trinajstić information content (AvgIpc) is 2.78. The minimum Gasteiger partial charge on any atom is -0.478 e. The number of aromatic carboxylic acids is 2. The average molecular weight is 265 g/mol. The predicted molar refractivity (Wildman–Crippen MR) is 64.3 cm³/mol. The van der Waals surface area contributed by atoms with Crippen LogP contribution in [0.2, 0.25) is 0 Å². The highest BCUT2D eigenvalue weighted by molar-refractivity contribution is 7.12. The van der Waals surface area contributed by atoms with Gasteiger partial charge in [-0.15, -0.1) is 11.3 Å². The molecule has 2 rings (SSSR count). The van der Waals surface area contributed by atoms with Crippen LogP contribution in [0.15, 0.2) is 28.5 Å². The number of aromatic amines is 1. The number of hydrogen-bond donors (Lipinski definition) is 3. The molecule has 0 aromatic carbocycles. The van der Waals surface area contributed by atoms with Crippen LogP contribution in [-0.2, 0) is 0 Å². The number of rotatable bonds is 3. The molecule has 2 aromatic heterocycles. The van der Waals surface area contributed by atoms with E-state index in [-0.39, 0.29) is 16.0 Å². The minimum atomic E-state index is -1.24. The van der Waals surface area contributed by atoms with Gasteiger partial charge in [0.2, 0.25) is 5.56 Å². The Hall–Kier alpha value is -2.41. The molecule has 2 heterocycles. The van der Waals surface area contributed by atoms with E-state index < -0.39 is 17.5 Å². The van der Waals surface area contributed by atoms with Crippen LogP contribution in [0.5, 0.6) is 0 Å². The van der Waals surface area contributed by atoms with Crippen molar-refractivity contribution in [2.75, 3.05) is 0 Å². The number of carboxylic acid groups (broad SMARTS) is 2. The monoisotopic (exact) mass is 265 g/mol. The van der Waals surface area contributed by atoms with Gasteiger partial charge in [-0.3, -0.25) is 4.79 Å². The summed E-state index contributed by atoms with van der Waals surface area (Å²) in [5, 5.41) is 19.3. The first-order valence-corrected chi connectivity index (χ1v) is 5.65. The van der Waals surface area contributed by atoms with Gasteiger partial charge in [-0.1, -0.05) is 0 Å². The number of nitrogens with one attached hydrogen (secondary N) is 1. The zero-order valence-corrected chi connectivity index (χ0v) is 9.65. The second kappa shape index (κ2) is 4.46. The van der Waals surface area contributed by atoms with Crippen LogP contribution in [0, 0.1) is 0 Å².